The lowest BCUT2D eigenvalue weighted by Crippen LogP contribution is -2.30. The first kappa shape index (κ1) is 18.9. The molecule has 0 fully saturated rings. The van der Waals surface area contributed by atoms with Gasteiger partial charge in [0.05, 0.1) is 17.7 Å². The molecule has 1 heterocycles. The van der Waals surface area contributed by atoms with Gasteiger partial charge in [-0.05, 0) is 30.3 Å². The van der Waals surface area contributed by atoms with Crippen LogP contribution >= 0.6 is 0 Å². The number of nitrogens with zero attached hydrogens (tertiary/aromatic N) is 2. The summed E-state index contributed by atoms with van der Waals surface area (Å²) >= 11 is 0. The molecule has 0 atom stereocenters. The Morgan fingerprint density at radius 1 is 1.16 bits per heavy atom. The van der Waals surface area contributed by atoms with Crippen molar-refractivity contribution in [2.75, 3.05) is 25.5 Å². The summed E-state index contributed by atoms with van der Waals surface area (Å²) in [5.41, 5.74) is 0.701. The van der Waals surface area contributed by atoms with Gasteiger partial charge in [-0.15, -0.1) is 0 Å². The Balaban J connectivity index is 2.39. The maximum atomic E-state index is 12.7. The molecule has 0 aliphatic rings. The van der Waals surface area contributed by atoms with E-state index in [0.717, 1.165) is 0 Å². The number of anilines is 1. The van der Waals surface area contributed by atoms with Gasteiger partial charge in [0.25, 0.3) is 5.91 Å². The first-order chi connectivity index (χ1) is 11.9. The minimum atomic E-state index is -3.63. The van der Waals surface area contributed by atoms with Crippen molar-refractivity contribution < 1.29 is 17.9 Å². The highest BCUT2D eigenvalue weighted by Gasteiger charge is 2.23. The fourth-order valence-corrected chi connectivity index (χ4v) is 3.84. The smallest absolute Gasteiger partial charge is 0.255 e. The minimum absolute atomic E-state index is 0.0991. The van der Waals surface area contributed by atoms with E-state index in [9.17, 15) is 13.2 Å². The molecule has 134 valence electrons. The summed E-state index contributed by atoms with van der Waals surface area (Å²) in [6.07, 6.45) is 3.01. The normalized spacial score (nSPS) is 11.4. The number of carbonyl (C=O) groups is 1. The topological polar surface area (TPSA) is 88.6 Å². The van der Waals surface area contributed by atoms with Crippen LogP contribution in [0.3, 0.4) is 0 Å². The standard InChI is InChI=1S/C17H21N3O4S/c1-4-20(5-2)25(22,23)14-6-7-16(24-3)15(12-14)19-17(21)13-8-10-18-11-9-13/h6-12H,4-5H2,1-3H3,(H,19,21). The molecule has 0 aliphatic carbocycles. The Morgan fingerprint density at radius 3 is 2.36 bits per heavy atom. The van der Waals surface area contributed by atoms with Crippen LogP contribution in [0.1, 0.15) is 24.2 Å². The van der Waals surface area contributed by atoms with E-state index in [1.807, 2.05) is 0 Å². The highest BCUT2D eigenvalue weighted by Crippen LogP contribution is 2.29. The van der Waals surface area contributed by atoms with Crippen LogP contribution in [0.15, 0.2) is 47.6 Å². The predicted molar refractivity (Wildman–Crippen MR) is 95.3 cm³/mol. The van der Waals surface area contributed by atoms with Crippen molar-refractivity contribution >= 4 is 21.6 Å². The van der Waals surface area contributed by atoms with E-state index in [2.05, 4.69) is 10.3 Å². The van der Waals surface area contributed by atoms with Crippen LogP contribution in [0, 0.1) is 0 Å². The number of rotatable bonds is 7. The van der Waals surface area contributed by atoms with E-state index in [1.54, 1.807) is 26.0 Å². The molecule has 1 aromatic carbocycles. The number of carbonyl (C=O) groups excluding carboxylic acids is 1. The van der Waals surface area contributed by atoms with Gasteiger partial charge in [-0.1, -0.05) is 13.8 Å². The van der Waals surface area contributed by atoms with Crippen LogP contribution in [0.25, 0.3) is 0 Å². The first-order valence-electron chi connectivity index (χ1n) is 7.83. The largest absolute Gasteiger partial charge is 0.495 e. The van der Waals surface area contributed by atoms with Gasteiger partial charge < -0.3 is 10.1 Å². The quantitative estimate of drug-likeness (QED) is 0.816. The number of sulfonamides is 1. The number of ether oxygens (including phenoxy) is 1. The van der Waals surface area contributed by atoms with Crippen molar-refractivity contribution in [1.82, 2.24) is 9.29 Å². The zero-order valence-corrected chi connectivity index (χ0v) is 15.2. The lowest BCUT2D eigenvalue weighted by atomic mass is 10.2. The van der Waals surface area contributed by atoms with Crippen LogP contribution in [0.2, 0.25) is 0 Å². The number of hydrogen-bond acceptors (Lipinski definition) is 5. The van der Waals surface area contributed by atoms with Crippen molar-refractivity contribution in [2.45, 2.75) is 18.7 Å². The van der Waals surface area contributed by atoms with Crippen LogP contribution in [-0.4, -0.2) is 43.8 Å². The van der Waals surface area contributed by atoms with Gasteiger partial charge >= 0.3 is 0 Å². The molecule has 2 rings (SSSR count). The molecule has 0 unspecified atom stereocenters. The van der Waals surface area contributed by atoms with Gasteiger partial charge in [-0.2, -0.15) is 4.31 Å². The second-order valence-corrected chi connectivity index (χ2v) is 7.08. The summed E-state index contributed by atoms with van der Waals surface area (Å²) < 4.78 is 31.9. The summed E-state index contributed by atoms with van der Waals surface area (Å²) in [7, 11) is -2.18. The summed E-state index contributed by atoms with van der Waals surface area (Å²) in [5, 5.41) is 2.69. The third-order valence-electron chi connectivity index (χ3n) is 3.70. The van der Waals surface area contributed by atoms with Crippen molar-refractivity contribution in [3.05, 3.63) is 48.3 Å². The monoisotopic (exact) mass is 363 g/mol. The Morgan fingerprint density at radius 2 is 1.80 bits per heavy atom. The van der Waals surface area contributed by atoms with Gasteiger partial charge in [0.2, 0.25) is 10.0 Å². The van der Waals surface area contributed by atoms with Gasteiger partial charge in [0.1, 0.15) is 5.75 Å². The number of aromatic nitrogens is 1. The molecular weight excluding hydrogens is 342 g/mol. The number of hydrogen-bond donors (Lipinski definition) is 1. The van der Waals surface area contributed by atoms with Gasteiger partial charge in [0, 0.05) is 31.0 Å². The van der Waals surface area contributed by atoms with Gasteiger partial charge in [0.15, 0.2) is 0 Å². The summed E-state index contributed by atoms with van der Waals surface area (Å²) in [5.74, 6) is -0.000935. The van der Waals surface area contributed by atoms with E-state index in [4.69, 9.17) is 4.74 Å². The number of benzene rings is 1. The Bertz CT molecular complexity index is 834. The number of amides is 1. The molecule has 25 heavy (non-hydrogen) atoms. The van der Waals surface area contributed by atoms with E-state index < -0.39 is 10.0 Å². The molecule has 1 amide bonds. The van der Waals surface area contributed by atoms with E-state index >= 15 is 0 Å². The maximum absolute atomic E-state index is 12.7. The zero-order chi connectivity index (χ0) is 18.4. The van der Waals surface area contributed by atoms with E-state index in [-0.39, 0.29) is 16.5 Å². The molecule has 7 nitrogen and oxygen atoms in total. The summed E-state index contributed by atoms with van der Waals surface area (Å²) in [4.78, 5) is 16.3. The van der Waals surface area contributed by atoms with Crippen molar-refractivity contribution in [3.8, 4) is 5.75 Å². The Labute approximate surface area is 147 Å². The molecule has 1 aromatic heterocycles. The second-order valence-electron chi connectivity index (χ2n) is 5.14. The van der Waals surface area contributed by atoms with Crippen LogP contribution < -0.4 is 10.1 Å². The van der Waals surface area contributed by atoms with Gasteiger partial charge in [-0.25, -0.2) is 8.42 Å². The van der Waals surface area contributed by atoms with Crippen molar-refractivity contribution in [1.29, 1.82) is 0 Å². The highest BCUT2D eigenvalue weighted by atomic mass is 32.2. The predicted octanol–water partition coefficient (Wildman–Crippen LogP) is 2.37. The van der Waals surface area contributed by atoms with Crippen LogP contribution in [0.4, 0.5) is 5.69 Å². The molecule has 0 saturated carbocycles. The van der Waals surface area contributed by atoms with Crippen LogP contribution in [0.5, 0.6) is 5.75 Å². The Hall–Kier alpha value is -2.45. The Kier molecular flexibility index (Phi) is 6.11. The molecule has 0 spiro atoms. The summed E-state index contributed by atoms with van der Waals surface area (Å²) in [6, 6.07) is 7.54. The summed E-state index contributed by atoms with van der Waals surface area (Å²) in [6.45, 7) is 4.28. The second kappa shape index (κ2) is 8.09. The molecule has 0 bridgehead atoms. The fraction of sp³-hybridized carbons (Fsp3) is 0.294. The lowest BCUT2D eigenvalue weighted by molar-refractivity contribution is 0.102. The molecular formula is C17H21N3O4S. The average molecular weight is 363 g/mol. The van der Waals surface area contributed by atoms with Gasteiger partial charge in [-0.3, -0.25) is 9.78 Å². The van der Waals surface area contributed by atoms with E-state index in [0.29, 0.717) is 24.4 Å². The molecule has 0 aliphatic heterocycles. The van der Waals surface area contributed by atoms with Crippen molar-refractivity contribution in [3.63, 3.8) is 0 Å². The average Bonchev–Trinajstić information content (AvgIpc) is 2.63. The minimum Gasteiger partial charge on any atom is -0.495 e. The molecule has 2 aromatic rings. The number of pyridine rings is 1. The third-order valence-corrected chi connectivity index (χ3v) is 5.75. The fourth-order valence-electron chi connectivity index (χ4n) is 2.36. The zero-order valence-electron chi connectivity index (χ0n) is 14.4. The van der Waals surface area contributed by atoms with Crippen molar-refractivity contribution in [2.24, 2.45) is 0 Å². The molecule has 8 heteroatoms. The third kappa shape index (κ3) is 4.15. The highest BCUT2D eigenvalue weighted by molar-refractivity contribution is 7.89. The lowest BCUT2D eigenvalue weighted by Gasteiger charge is -2.19. The number of methoxy groups -OCH3 is 1. The maximum Gasteiger partial charge on any atom is 0.255 e. The van der Waals surface area contributed by atoms with Crippen LogP contribution in [-0.2, 0) is 10.0 Å². The molecule has 0 radical (unpaired) electrons. The SMILES string of the molecule is CCN(CC)S(=O)(=O)c1ccc(OC)c(NC(=O)c2ccncc2)c1. The first-order valence-corrected chi connectivity index (χ1v) is 9.27. The molecule has 0 saturated heterocycles. The molecule has 1 N–H and O–H groups in total. The van der Waals surface area contributed by atoms with E-state index in [1.165, 1.54) is 42.0 Å². The number of nitrogens with one attached hydrogen (secondary N) is 1.